The van der Waals surface area contributed by atoms with Crippen molar-refractivity contribution in [2.75, 3.05) is 7.05 Å². The molecule has 1 unspecified atom stereocenters. The second-order valence-electron chi connectivity index (χ2n) is 5.26. The minimum Gasteiger partial charge on any atom is -0.340 e. The van der Waals surface area contributed by atoms with E-state index in [0.717, 1.165) is 11.3 Å². The Bertz CT molecular complexity index is 600. The highest BCUT2D eigenvalue weighted by Gasteiger charge is 2.18. The Balaban J connectivity index is 1.85. The molecule has 0 bridgehead atoms. The molecule has 0 aliphatic rings. The quantitative estimate of drug-likeness (QED) is 0.799. The Morgan fingerprint density at radius 1 is 1.09 bits per heavy atom. The lowest BCUT2D eigenvalue weighted by molar-refractivity contribution is -0.129. The fourth-order valence-corrected chi connectivity index (χ4v) is 3.08. The van der Waals surface area contributed by atoms with E-state index in [4.69, 9.17) is 0 Å². The summed E-state index contributed by atoms with van der Waals surface area (Å²) in [4.78, 5) is 14.1. The average Bonchev–Trinajstić information content (AvgIpc) is 2.55. The first-order valence-corrected chi connectivity index (χ1v) is 8.26. The average molecular weight is 317 g/mol. The third-order valence-electron chi connectivity index (χ3n) is 3.40. The molecule has 0 aliphatic heterocycles. The van der Waals surface area contributed by atoms with Gasteiger partial charge >= 0.3 is 0 Å². The minimum absolute atomic E-state index is 0.0882. The molecule has 2 aromatic carbocycles. The SMILES string of the molecule is CC(SCc1ccccc1)C(=O)N(C)Cc1ccc(F)cc1. The molecule has 1 atom stereocenters. The van der Waals surface area contributed by atoms with Crippen LogP contribution >= 0.6 is 11.8 Å². The summed E-state index contributed by atoms with van der Waals surface area (Å²) in [7, 11) is 1.78. The van der Waals surface area contributed by atoms with Crippen LogP contribution in [0.2, 0.25) is 0 Å². The lowest BCUT2D eigenvalue weighted by Gasteiger charge is -2.21. The summed E-state index contributed by atoms with van der Waals surface area (Å²) in [5.74, 6) is 0.646. The van der Waals surface area contributed by atoms with Crippen LogP contribution < -0.4 is 0 Å². The van der Waals surface area contributed by atoms with E-state index in [2.05, 4.69) is 12.1 Å². The van der Waals surface area contributed by atoms with Crippen LogP contribution in [0.1, 0.15) is 18.1 Å². The molecule has 0 spiro atoms. The molecule has 116 valence electrons. The van der Waals surface area contributed by atoms with Crippen molar-refractivity contribution in [1.82, 2.24) is 4.90 Å². The van der Waals surface area contributed by atoms with Crippen molar-refractivity contribution in [3.05, 3.63) is 71.5 Å². The van der Waals surface area contributed by atoms with Gasteiger partial charge < -0.3 is 4.90 Å². The largest absolute Gasteiger partial charge is 0.340 e. The molecule has 2 nitrogen and oxygen atoms in total. The fourth-order valence-electron chi connectivity index (χ4n) is 2.12. The summed E-state index contributed by atoms with van der Waals surface area (Å²) in [6.45, 7) is 2.42. The number of hydrogen-bond acceptors (Lipinski definition) is 2. The molecular formula is C18H20FNOS. The molecule has 0 heterocycles. The van der Waals surface area contributed by atoms with Gasteiger partial charge in [0, 0.05) is 19.3 Å². The molecule has 0 fully saturated rings. The Morgan fingerprint density at radius 3 is 2.36 bits per heavy atom. The number of amides is 1. The molecule has 0 saturated carbocycles. The van der Waals surface area contributed by atoms with Crippen molar-refractivity contribution >= 4 is 17.7 Å². The number of nitrogens with zero attached hydrogens (tertiary/aromatic N) is 1. The summed E-state index contributed by atoms with van der Waals surface area (Å²) < 4.78 is 12.9. The Morgan fingerprint density at radius 2 is 1.73 bits per heavy atom. The zero-order chi connectivity index (χ0) is 15.9. The number of hydrogen-bond donors (Lipinski definition) is 0. The predicted octanol–water partition coefficient (Wildman–Crippen LogP) is 4.11. The second kappa shape index (κ2) is 7.99. The summed E-state index contributed by atoms with van der Waals surface area (Å²) in [5, 5.41) is -0.106. The molecule has 0 saturated heterocycles. The van der Waals surface area contributed by atoms with Gasteiger partial charge in [-0.1, -0.05) is 42.5 Å². The van der Waals surface area contributed by atoms with E-state index < -0.39 is 0 Å². The van der Waals surface area contributed by atoms with E-state index in [-0.39, 0.29) is 17.0 Å². The van der Waals surface area contributed by atoms with Crippen molar-refractivity contribution in [1.29, 1.82) is 0 Å². The first-order chi connectivity index (χ1) is 10.6. The van der Waals surface area contributed by atoms with Gasteiger partial charge in [-0.2, -0.15) is 0 Å². The van der Waals surface area contributed by atoms with Crippen LogP contribution in [0, 0.1) is 5.82 Å². The molecule has 4 heteroatoms. The van der Waals surface area contributed by atoms with E-state index in [1.807, 2.05) is 25.1 Å². The first-order valence-electron chi connectivity index (χ1n) is 7.21. The predicted molar refractivity (Wildman–Crippen MR) is 90.1 cm³/mol. The normalized spacial score (nSPS) is 12.0. The fraction of sp³-hybridized carbons (Fsp3) is 0.278. The van der Waals surface area contributed by atoms with Gasteiger partial charge in [0.25, 0.3) is 0 Å². The number of carbonyl (C=O) groups is 1. The maximum Gasteiger partial charge on any atom is 0.235 e. The third kappa shape index (κ3) is 4.88. The third-order valence-corrected chi connectivity index (χ3v) is 4.60. The zero-order valence-corrected chi connectivity index (χ0v) is 13.6. The number of rotatable bonds is 6. The molecule has 1 amide bonds. The molecule has 0 N–H and O–H groups in total. The lowest BCUT2D eigenvalue weighted by atomic mass is 10.2. The number of thioether (sulfide) groups is 1. The number of halogens is 1. The Kier molecular flexibility index (Phi) is 6.01. The van der Waals surface area contributed by atoms with Gasteiger partial charge in [-0.25, -0.2) is 4.39 Å². The highest BCUT2D eigenvalue weighted by molar-refractivity contribution is 7.99. The molecule has 0 aromatic heterocycles. The minimum atomic E-state index is -0.260. The van der Waals surface area contributed by atoms with Gasteiger partial charge in [0.05, 0.1) is 5.25 Å². The zero-order valence-electron chi connectivity index (χ0n) is 12.8. The highest BCUT2D eigenvalue weighted by atomic mass is 32.2. The lowest BCUT2D eigenvalue weighted by Crippen LogP contribution is -2.32. The standard InChI is InChI=1S/C18H20FNOS/c1-14(22-13-16-6-4-3-5-7-16)18(21)20(2)12-15-8-10-17(19)11-9-15/h3-11,14H,12-13H2,1-2H3. The van der Waals surface area contributed by atoms with E-state index in [1.165, 1.54) is 17.7 Å². The molecule has 2 aromatic rings. The van der Waals surface area contributed by atoms with Gasteiger partial charge in [0.2, 0.25) is 5.91 Å². The van der Waals surface area contributed by atoms with Gasteiger partial charge in [0.1, 0.15) is 5.82 Å². The molecule has 0 aliphatic carbocycles. The van der Waals surface area contributed by atoms with Crippen LogP contribution in [0.3, 0.4) is 0 Å². The monoisotopic (exact) mass is 317 g/mol. The topological polar surface area (TPSA) is 20.3 Å². The van der Waals surface area contributed by atoms with E-state index >= 15 is 0 Å². The van der Waals surface area contributed by atoms with E-state index in [0.29, 0.717) is 6.54 Å². The van der Waals surface area contributed by atoms with Crippen LogP contribution in [-0.4, -0.2) is 23.1 Å². The Hall–Kier alpha value is -1.81. The highest BCUT2D eigenvalue weighted by Crippen LogP contribution is 2.19. The summed E-state index contributed by atoms with van der Waals surface area (Å²) in [5.41, 5.74) is 2.14. The van der Waals surface area contributed by atoms with Crippen molar-refractivity contribution in [3.8, 4) is 0 Å². The van der Waals surface area contributed by atoms with Crippen LogP contribution in [0.25, 0.3) is 0 Å². The summed E-state index contributed by atoms with van der Waals surface area (Å²) in [6, 6.07) is 16.4. The summed E-state index contributed by atoms with van der Waals surface area (Å²) in [6.07, 6.45) is 0. The van der Waals surface area contributed by atoms with Gasteiger partial charge in [-0.05, 0) is 30.2 Å². The van der Waals surface area contributed by atoms with E-state index in [1.54, 1.807) is 35.8 Å². The molecule has 0 radical (unpaired) electrons. The van der Waals surface area contributed by atoms with Crippen LogP contribution in [0.15, 0.2) is 54.6 Å². The van der Waals surface area contributed by atoms with Crippen molar-refractivity contribution in [2.24, 2.45) is 0 Å². The number of benzene rings is 2. The maximum atomic E-state index is 12.9. The van der Waals surface area contributed by atoms with Crippen molar-refractivity contribution in [2.45, 2.75) is 24.5 Å². The first kappa shape index (κ1) is 16.6. The van der Waals surface area contributed by atoms with Crippen molar-refractivity contribution < 1.29 is 9.18 Å². The maximum absolute atomic E-state index is 12.9. The molecule has 22 heavy (non-hydrogen) atoms. The molecule has 2 rings (SSSR count). The second-order valence-corrected chi connectivity index (χ2v) is 6.59. The van der Waals surface area contributed by atoms with Gasteiger partial charge in [0.15, 0.2) is 0 Å². The van der Waals surface area contributed by atoms with Gasteiger partial charge in [-0.15, -0.1) is 11.8 Å². The Labute approximate surface area is 135 Å². The molecular weight excluding hydrogens is 297 g/mol. The van der Waals surface area contributed by atoms with Crippen molar-refractivity contribution in [3.63, 3.8) is 0 Å². The van der Waals surface area contributed by atoms with E-state index in [9.17, 15) is 9.18 Å². The van der Waals surface area contributed by atoms with Crippen LogP contribution in [-0.2, 0) is 17.1 Å². The summed E-state index contributed by atoms with van der Waals surface area (Å²) >= 11 is 1.63. The van der Waals surface area contributed by atoms with Gasteiger partial charge in [-0.3, -0.25) is 4.79 Å². The van der Waals surface area contributed by atoms with Crippen LogP contribution in [0.4, 0.5) is 4.39 Å². The number of carbonyl (C=O) groups excluding carboxylic acids is 1. The smallest absolute Gasteiger partial charge is 0.235 e. The van der Waals surface area contributed by atoms with Crippen LogP contribution in [0.5, 0.6) is 0 Å².